The molecule has 0 saturated carbocycles. The summed E-state index contributed by atoms with van der Waals surface area (Å²) in [6, 6.07) is 15.6. The summed E-state index contributed by atoms with van der Waals surface area (Å²) >= 11 is 0. The minimum atomic E-state index is -0.514. The Balaban J connectivity index is 1.89. The van der Waals surface area contributed by atoms with Gasteiger partial charge in [-0.05, 0) is 32.0 Å². The van der Waals surface area contributed by atoms with Gasteiger partial charge in [0.1, 0.15) is 11.4 Å². The molecule has 2 aromatic carbocycles. The highest BCUT2D eigenvalue weighted by atomic mass is 19.1. The molecule has 5 rings (SSSR count). The van der Waals surface area contributed by atoms with Crippen molar-refractivity contribution < 1.29 is 8.81 Å². The van der Waals surface area contributed by atoms with Crippen LogP contribution in [0.25, 0.3) is 44.4 Å². The molecule has 128 valence electrons. The van der Waals surface area contributed by atoms with Gasteiger partial charge in [0.15, 0.2) is 5.58 Å². The van der Waals surface area contributed by atoms with Gasteiger partial charge in [0.25, 0.3) is 0 Å². The lowest BCUT2D eigenvalue weighted by atomic mass is 10.1. The Bertz CT molecular complexity index is 1280. The van der Waals surface area contributed by atoms with E-state index in [9.17, 15) is 4.39 Å². The topological polar surface area (TPSA) is 43.9 Å². The molecule has 3 aromatic heterocycles. The highest BCUT2D eigenvalue weighted by molar-refractivity contribution is 6.09. The zero-order valence-corrected chi connectivity index (χ0v) is 14.4. The number of pyridine rings is 1. The number of fused-ring (bicyclic) bond motifs is 4. The third kappa shape index (κ3) is 2.07. The maximum absolute atomic E-state index is 13.6. The standard InChI is InChI=1S/C21H16FN3O/c1-12(2)25-17-9-4-3-8-16(17)24-21(25)14-7-5-6-13-15-10-19(22)23-11-18(15)26-20(13)14/h3-12H,1-2H3. The second-order valence-electron chi connectivity index (χ2n) is 6.68. The van der Waals surface area contributed by atoms with Crippen LogP contribution in [0.4, 0.5) is 4.39 Å². The quantitative estimate of drug-likeness (QED) is 0.384. The Hall–Kier alpha value is -3.21. The number of furan rings is 1. The molecule has 5 heteroatoms. The number of halogens is 1. The van der Waals surface area contributed by atoms with Crippen LogP contribution in [0, 0.1) is 5.95 Å². The van der Waals surface area contributed by atoms with E-state index in [0.29, 0.717) is 11.2 Å². The fourth-order valence-corrected chi connectivity index (χ4v) is 3.61. The van der Waals surface area contributed by atoms with Crippen molar-refractivity contribution in [3.05, 3.63) is 60.7 Å². The van der Waals surface area contributed by atoms with Crippen LogP contribution in [0.2, 0.25) is 0 Å². The molecule has 5 aromatic rings. The van der Waals surface area contributed by atoms with Crippen molar-refractivity contribution in [3.63, 3.8) is 0 Å². The van der Waals surface area contributed by atoms with Crippen LogP contribution in [-0.2, 0) is 0 Å². The van der Waals surface area contributed by atoms with Crippen molar-refractivity contribution in [2.24, 2.45) is 0 Å². The average molecular weight is 345 g/mol. The minimum absolute atomic E-state index is 0.233. The lowest BCUT2D eigenvalue weighted by Crippen LogP contribution is -2.03. The Kier molecular flexibility index (Phi) is 3.13. The molecular weight excluding hydrogens is 329 g/mol. The molecular formula is C21H16FN3O. The number of benzene rings is 2. The lowest BCUT2D eigenvalue weighted by Gasteiger charge is -2.13. The summed E-state index contributed by atoms with van der Waals surface area (Å²) in [6.07, 6.45) is 1.43. The Morgan fingerprint density at radius 1 is 1.04 bits per heavy atom. The summed E-state index contributed by atoms with van der Waals surface area (Å²) in [5, 5.41) is 1.59. The van der Waals surface area contributed by atoms with E-state index in [-0.39, 0.29) is 6.04 Å². The lowest BCUT2D eigenvalue weighted by molar-refractivity contribution is 0.582. The predicted octanol–water partition coefficient (Wildman–Crippen LogP) is 5.72. The summed E-state index contributed by atoms with van der Waals surface area (Å²) in [5.41, 5.74) is 4.19. The summed E-state index contributed by atoms with van der Waals surface area (Å²) in [4.78, 5) is 8.56. The molecule has 0 N–H and O–H groups in total. The Morgan fingerprint density at radius 3 is 2.73 bits per heavy atom. The molecule has 0 atom stereocenters. The van der Waals surface area contributed by atoms with Crippen LogP contribution in [-0.4, -0.2) is 14.5 Å². The molecule has 0 aliphatic heterocycles. The molecule has 0 unspecified atom stereocenters. The van der Waals surface area contributed by atoms with E-state index >= 15 is 0 Å². The van der Waals surface area contributed by atoms with Crippen molar-refractivity contribution in [1.82, 2.24) is 14.5 Å². The highest BCUT2D eigenvalue weighted by Crippen LogP contribution is 2.37. The van der Waals surface area contributed by atoms with E-state index < -0.39 is 5.95 Å². The smallest absolute Gasteiger partial charge is 0.213 e. The van der Waals surface area contributed by atoms with Gasteiger partial charge >= 0.3 is 0 Å². The first kappa shape index (κ1) is 15.1. The number of rotatable bonds is 2. The molecule has 0 radical (unpaired) electrons. The van der Waals surface area contributed by atoms with Crippen molar-refractivity contribution in [1.29, 1.82) is 0 Å². The van der Waals surface area contributed by atoms with Crippen LogP contribution in [0.5, 0.6) is 0 Å². The zero-order valence-electron chi connectivity index (χ0n) is 14.4. The number of para-hydroxylation sites is 3. The summed E-state index contributed by atoms with van der Waals surface area (Å²) < 4.78 is 21.9. The number of imidazole rings is 1. The van der Waals surface area contributed by atoms with Gasteiger partial charge in [-0.25, -0.2) is 9.97 Å². The number of hydrogen-bond acceptors (Lipinski definition) is 3. The van der Waals surface area contributed by atoms with Crippen LogP contribution in [0.15, 0.2) is 59.1 Å². The van der Waals surface area contributed by atoms with Gasteiger partial charge in [0.2, 0.25) is 5.95 Å². The zero-order chi connectivity index (χ0) is 17.8. The molecule has 0 aliphatic carbocycles. The molecule has 0 spiro atoms. The van der Waals surface area contributed by atoms with Crippen molar-refractivity contribution in [3.8, 4) is 11.4 Å². The van der Waals surface area contributed by atoms with Gasteiger partial charge in [-0.2, -0.15) is 4.39 Å². The van der Waals surface area contributed by atoms with Gasteiger partial charge in [0, 0.05) is 22.9 Å². The third-order valence-corrected chi connectivity index (χ3v) is 4.70. The molecule has 3 heterocycles. The van der Waals surface area contributed by atoms with E-state index in [2.05, 4.69) is 29.5 Å². The molecule has 0 fully saturated rings. The molecule has 4 nitrogen and oxygen atoms in total. The fraction of sp³-hybridized carbons (Fsp3) is 0.143. The monoisotopic (exact) mass is 345 g/mol. The van der Waals surface area contributed by atoms with Crippen molar-refractivity contribution in [2.45, 2.75) is 19.9 Å². The summed E-state index contributed by atoms with van der Waals surface area (Å²) in [6.45, 7) is 4.27. The number of nitrogens with zero attached hydrogens (tertiary/aromatic N) is 3. The third-order valence-electron chi connectivity index (χ3n) is 4.70. The average Bonchev–Trinajstić information content (AvgIpc) is 3.19. The van der Waals surface area contributed by atoms with Crippen LogP contribution in [0.1, 0.15) is 19.9 Å². The maximum atomic E-state index is 13.6. The van der Waals surface area contributed by atoms with Gasteiger partial charge in [-0.15, -0.1) is 0 Å². The first-order chi connectivity index (χ1) is 12.6. The Morgan fingerprint density at radius 2 is 1.88 bits per heavy atom. The summed E-state index contributed by atoms with van der Waals surface area (Å²) in [7, 11) is 0. The largest absolute Gasteiger partial charge is 0.454 e. The van der Waals surface area contributed by atoms with E-state index in [0.717, 1.165) is 33.2 Å². The fourth-order valence-electron chi connectivity index (χ4n) is 3.61. The first-order valence-electron chi connectivity index (χ1n) is 8.57. The second-order valence-corrected chi connectivity index (χ2v) is 6.68. The molecule has 0 aliphatic rings. The van der Waals surface area contributed by atoms with Crippen molar-refractivity contribution in [2.75, 3.05) is 0 Å². The van der Waals surface area contributed by atoms with Crippen LogP contribution < -0.4 is 0 Å². The van der Waals surface area contributed by atoms with E-state index in [1.54, 1.807) is 0 Å². The highest BCUT2D eigenvalue weighted by Gasteiger charge is 2.19. The first-order valence-corrected chi connectivity index (χ1v) is 8.57. The van der Waals surface area contributed by atoms with Gasteiger partial charge < -0.3 is 8.98 Å². The minimum Gasteiger partial charge on any atom is -0.454 e. The normalized spacial score (nSPS) is 12.0. The van der Waals surface area contributed by atoms with E-state index in [4.69, 9.17) is 9.40 Å². The van der Waals surface area contributed by atoms with Crippen LogP contribution >= 0.6 is 0 Å². The van der Waals surface area contributed by atoms with E-state index in [1.807, 2.05) is 36.4 Å². The molecule has 26 heavy (non-hydrogen) atoms. The molecule has 0 bridgehead atoms. The van der Waals surface area contributed by atoms with E-state index in [1.165, 1.54) is 12.3 Å². The van der Waals surface area contributed by atoms with Gasteiger partial charge in [-0.1, -0.05) is 24.3 Å². The van der Waals surface area contributed by atoms with Crippen molar-refractivity contribution >= 4 is 33.0 Å². The van der Waals surface area contributed by atoms with Gasteiger partial charge in [-0.3, -0.25) is 0 Å². The SMILES string of the molecule is CC(C)n1c(-c2cccc3c2oc2cnc(F)cc23)nc2ccccc21. The molecule has 0 amide bonds. The molecule has 0 saturated heterocycles. The summed E-state index contributed by atoms with van der Waals surface area (Å²) in [5.74, 6) is 0.333. The number of hydrogen-bond donors (Lipinski definition) is 0. The second kappa shape index (κ2) is 5.39. The predicted molar refractivity (Wildman–Crippen MR) is 101 cm³/mol. The Labute approximate surface area is 148 Å². The maximum Gasteiger partial charge on any atom is 0.213 e. The van der Waals surface area contributed by atoms with Crippen LogP contribution in [0.3, 0.4) is 0 Å². The number of aromatic nitrogens is 3. The van der Waals surface area contributed by atoms with Gasteiger partial charge in [0.05, 0.1) is 22.8 Å².